The van der Waals surface area contributed by atoms with Crippen LogP contribution in [0, 0.1) is 0 Å². The number of carbonyl (C=O) groups excluding carboxylic acids is 1. The summed E-state index contributed by atoms with van der Waals surface area (Å²) in [6.07, 6.45) is -1.16. The van der Waals surface area contributed by atoms with Crippen LogP contribution in [0.15, 0.2) is 0 Å². The van der Waals surface area contributed by atoms with Crippen molar-refractivity contribution in [2.75, 3.05) is 6.54 Å². The largest absolute Gasteiger partial charge is 0.481 e. The third kappa shape index (κ3) is 1.61. The van der Waals surface area contributed by atoms with Gasteiger partial charge in [-0.3, -0.25) is 4.79 Å². The van der Waals surface area contributed by atoms with Crippen molar-refractivity contribution in [1.82, 2.24) is 5.32 Å². The fourth-order valence-corrected chi connectivity index (χ4v) is 0.740. The Labute approximate surface area is 57.0 Å². The first kappa shape index (κ1) is 6.85. The first-order chi connectivity index (χ1) is 4.68. The molecule has 1 aliphatic rings. The Morgan fingerprint density at radius 1 is 1.90 bits per heavy atom. The molecule has 0 aliphatic carbocycles. The van der Waals surface area contributed by atoms with Gasteiger partial charge in [-0.15, -0.1) is 0 Å². The molecule has 56 valence electrons. The van der Waals surface area contributed by atoms with Crippen LogP contribution >= 0.6 is 0 Å². The van der Waals surface area contributed by atoms with Gasteiger partial charge in [0.05, 0.1) is 13.0 Å². The van der Waals surface area contributed by atoms with Crippen molar-refractivity contribution in [3.8, 4) is 0 Å². The number of carboxylic acids is 1. The Hall–Kier alpha value is -1.26. The van der Waals surface area contributed by atoms with Gasteiger partial charge in [-0.2, -0.15) is 0 Å². The highest BCUT2D eigenvalue weighted by Crippen LogP contribution is 2.03. The molecule has 0 aromatic rings. The Kier molecular flexibility index (Phi) is 1.75. The molecule has 1 saturated heterocycles. The smallest absolute Gasteiger partial charge is 0.407 e. The van der Waals surface area contributed by atoms with E-state index in [4.69, 9.17) is 5.11 Å². The number of hydrogen-bond acceptors (Lipinski definition) is 3. The van der Waals surface area contributed by atoms with Gasteiger partial charge < -0.3 is 15.2 Å². The molecule has 5 heteroatoms. The van der Waals surface area contributed by atoms with Crippen molar-refractivity contribution in [3.63, 3.8) is 0 Å². The number of ether oxygens (including phenoxy) is 1. The fraction of sp³-hybridized carbons (Fsp3) is 0.600. The zero-order chi connectivity index (χ0) is 7.56. The molecule has 1 rings (SSSR count). The second-order valence-corrected chi connectivity index (χ2v) is 2.01. The maximum Gasteiger partial charge on any atom is 0.407 e. The van der Waals surface area contributed by atoms with E-state index in [2.05, 4.69) is 10.1 Å². The van der Waals surface area contributed by atoms with Crippen LogP contribution in [0.4, 0.5) is 4.79 Å². The lowest BCUT2D eigenvalue weighted by Gasteiger charge is -2.01. The molecular weight excluding hydrogens is 138 g/mol. The molecule has 0 aromatic heterocycles. The summed E-state index contributed by atoms with van der Waals surface area (Å²) in [7, 11) is 0. The SMILES string of the molecule is O=C(O)C[C@@H]1CNC(=O)O1. The molecule has 0 aromatic carbocycles. The predicted octanol–water partition coefficient (Wildman–Crippen LogP) is -0.430. The summed E-state index contributed by atoms with van der Waals surface area (Å²) in [6.45, 7) is 0.297. The minimum absolute atomic E-state index is 0.126. The quantitative estimate of drug-likeness (QED) is 0.552. The molecule has 1 atom stereocenters. The van der Waals surface area contributed by atoms with E-state index in [1.165, 1.54) is 0 Å². The Morgan fingerprint density at radius 2 is 2.60 bits per heavy atom. The predicted molar refractivity (Wildman–Crippen MR) is 30.5 cm³/mol. The van der Waals surface area contributed by atoms with Crippen LogP contribution in [-0.4, -0.2) is 29.8 Å². The van der Waals surface area contributed by atoms with E-state index in [1.54, 1.807) is 0 Å². The van der Waals surface area contributed by atoms with E-state index in [-0.39, 0.29) is 6.42 Å². The molecule has 0 bridgehead atoms. The lowest BCUT2D eigenvalue weighted by atomic mass is 10.3. The van der Waals surface area contributed by atoms with E-state index >= 15 is 0 Å². The van der Waals surface area contributed by atoms with Crippen molar-refractivity contribution in [1.29, 1.82) is 0 Å². The summed E-state index contributed by atoms with van der Waals surface area (Å²) in [4.78, 5) is 20.4. The molecule has 0 unspecified atom stereocenters. The lowest BCUT2D eigenvalue weighted by Crippen LogP contribution is -2.17. The highest BCUT2D eigenvalue weighted by molar-refractivity contribution is 5.72. The van der Waals surface area contributed by atoms with Gasteiger partial charge in [0.1, 0.15) is 6.10 Å². The number of rotatable bonds is 2. The molecule has 0 spiro atoms. The first-order valence-electron chi connectivity index (χ1n) is 2.85. The Bertz CT molecular complexity index is 167. The first-order valence-corrected chi connectivity index (χ1v) is 2.85. The number of carbonyl (C=O) groups is 2. The molecule has 10 heavy (non-hydrogen) atoms. The third-order valence-electron chi connectivity index (χ3n) is 1.15. The number of cyclic esters (lactones) is 1. The Morgan fingerprint density at radius 3 is 3.00 bits per heavy atom. The molecule has 5 nitrogen and oxygen atoms in total. The van der Waals surface area contributed by atoms with Crippen molar-refractivity contribution >= 4 is 12.1 Å². The molecule has 1 aliphatic heterocycles. The van der Waals surface area contributed by atoms with Crippen LogP contribution in [0.3, 0.4) is 0 Å². The van der Waals surface area contributed by atoms with Crippen LogP contribution in [0.2, 0.25) is 0 Å². The summed E-state index contributed by atoms with van der Waals surface area (Å²) in [5, 5.41) is 10.6. The number of aliphatic carboxylic acids is 1. The average Bonchev–Trinajstić information content (AvgIpc) is 2.13. The summed E-state index contributed by atoms with van der Waals surface area (Å²) >= 11 is 0. The molecular formula is C5H7NO4. The van der Waals surface area contributed by atoms with Crippen LogP contribution in [-0.2, 0) is 9.53 Å². The number of carboxylic acid groups (broad SMARTS) is 1. The summed E-state index contributed by atoms with van der Waals surface area (Å²) in [6, 6.07) is 0. The standard InChI is InChI=1S/C5H7NO4/c7-4(8)1-3-2-6-5(9)10-3/h3H,1-2H2,(H,6,9)(H,7,8)/t3-/m1/s1. The number of amides is 1. The van der Waals surface area contributed by atoms with Gasteiger partial charge >= 0.3 is 12.1 Å². The van der Waals surface area contributed by atoms with Crippen molar-refractivity contribution in [2.45, 2.75) is 12.5 Å². The third-order valence-corrected chi connectivity index (χ3v) is 1.15. The second kappa shape index (κ2) is 2.55. The minimum atomic E-state index is -0.957. The molecule has 2 N–H and O–H groups in total. The monoisotopic (exact) mass is 145 g/mol. The van der Waals surface area contributed by atoms with E-state index < -0.39 is 18.2 Å². The maximum atomic E-state index is 10.3. The highest BCUT2D eigenvalue weighted by Gasteiger charge is 2.24. The number of hydrogen-bond donors (Lipinski definition) is 2. The minimum Gasteiger partial charge on any atom is -0.481 e. The molecule has 1 heterocycles. The second-order valence-electron chi connectivity index (χ2n) is 2.01. The topological polar surface area (TPSA) is 75.6 Å². The maximum absolute atomic E-state index is 10.3. The van der Waals surface area contributed by atoms with Crippen molar-refractivity contribution in [2.24, 2.45) is 0 Å². The Balaban J connectivity index is 2.31. The number of nitrogens with one attached hydrogen (secondary N) is 1. The summed E-state index contributed by atoms with van der Waals surface area (Å²) in [5.41, 5.74) is 0. The van der Waals surface area contributed by atoms with Gasteiger partial charge in [0.15, 0.2) is 0 Å². The van der Waals surface area contributed by atoms with Gasteiger partial charge in [-0.25, -0.2) is 4.79 Å². The van der Waals surface area contributed by atoms with Crippen LogP contribution in [0.1, 0.15) is 6.42 Å². The summed E-state index contributed by atoms with van der Waals surface area (Å²) in [5.74, 6) is -0.957. The highest BCUT2D eigenvalue weighted by atomic mass is 16.6. The van der Waals surface area contributed by atoms with Gasteiger partial charge in [0.25, 0.3) is 0 Å². The number of alkyl carbamates (subject to hydrolysis) is 1. The zero-order valence-corrected chi connectivity index (χ0v) is 5.16. The molecule has 1 fully saturated rings. The van der Waals surface area contributed by atoms with E-state index in [0.29, 0.717) is 6.54 Å². The van der Waals surface area contributed by atoms with Crippen molar-refractivity contribution < 1.29 is 19.4 Å². The zero-order valence-electron chi connectivity index (χ0n) is 5.16. The lowest BCUT2D eigenvalue weighted by molar-refractivity contribution is -0.138. The normalized spacial score (nSPS) is 23.6. The summed E-state index contributed by atoms with van der Waals surface area (Å²) < 4.78 is 4.54. The van der Waals surface area contributed by atoms with E-state index in [1.807, 2.05) is 0 Å². The van der Waals surface area contributed by atoms with Gasteiger partial charge in [-0.1, -0.05) is 0 Å². The molecule has 0 saturated carbocycles. The molecule has 0 radical (unpaired) electrons. The van der Waals surface area contributed by atoms with Crippen LogP contribution in [0.5, 0.6) is 0 Å². The average molecular weight is 145 g/mol. The van der Waals surface area contributed by atoms with Crippen LogP contribution in [0.25, 0.3) is 0 Å². The van der Waals surface area contributed by atoms with Gasteiger partial charge in [0, 0.05) is 0 Å². The fourth-order valence-electron chi connectivity index (χ4n) is 0.740. The van der Waals surface area contributed by atoms with Gasteiger partial charge in [-0.05, 0) is 0 Å². The molecule has 1 amide bonds. The van der Waals surface area contributed by atoms with Gasteiger partial charge in [0.2, 0.25) is 0 Å². The van der Waals surface area contributed by atoms with Crippen molar-refractivity contribution in [3.05, 3.63) is 0 Å². The van der Waals surface area contributed by atoms with Crippen LogP contribution < -0.4 is 5.32 Å². The van der Waals surface area contributed by atoms with E-state index in [9.17, 15) is 9.59 Å². The van der Waals surface area contributed by atoms with E-state index in [0.717, 1.165) is 0 Å².